The summed E-state index contributed by atoms with van der Waals surface area (Å²) < 4.78 is 29.5. The lowest BCUT2D eigenvalue weighted by Crippen LogP contribution is -2.42. The van der Waals surface area contributed by atoms with Crippen LogP contribution < -0.4 is 5.32 Å². The minimum Gasteiger partial charge on any atom is -0.457 e. The molecule has 2 heterocycles. The molecule has 2 aliphatic heterocycles. The Hall–Kier alpha value is -2.36. The summed E-state index contributed by atoms with van der Waals surface area (Å²) in [5.74, 6) is -1.10. The molecule has 0 aliphatic carbocycles. The predicted octanol–water partition coefficient (Wildman–Crippen LogP) is -0.449. The van der Waals surface area contributed by atoms with Gasteiger partial charge in [0, 0.05) is 25.9 Å². The Morgan fingerprint density at radius 2 is 1.76 bits per heavy atom. The normalized spacial score (nSPS) is 30.6. The summed E-state index contributed by atoms with van der Waals surface area (Å²) in [7, 11) is 5.32. The molecule has 34 heavy (non-hydrogen) atoms. The molecule has 2 fully saturated rings. The first-order valence-electron chi connectivity index (χ1n) is 11.9. The monoisotopic (exact) mass is 473 g/mol. The predicted molar refractivity (Wildman–Crippen MR) is 128 cm³/mol. The van der Waals surface area contributed by atoms with E-state index in [4.69, 9.17) is 23.7 Å². The number of carbonyl (C=O) groups is 3. The SMILES string of the molecule is B[C@@H]1O[C@H](CC)[C@H](OC(=O)CCC(=O)NC)C1OC[C@H]1O[C@@H](B)C[C@H]1OC(=O)c1ccccc1. The van der Waals surface area contributed by atoms with Gasteiger partial charge in [0.15, 0.2) is 6.10 Å². The van der Waals surface area contributed by atoms with E-state index in [1.165, 1.54) is 7.05 Å². The molecule has 1 unspecified atom stereocenters. The highest BCUT2D eigenvalue weighted by atomic mass is 16.6. The highest BCUT2D eigenvalue weighted by Gasteiger charge is 2.46. The molecule has 0 radical (unpaired) electrons. The number of esters is 2. The molecule has 1 aromatic carbocycles. The topological polar surface area (TPSA) is 109 Å². The maximum absolute atomic E-state index is 12.5. The van der Waals surface area contributed by atoms with Crippen molar-refractivity contribution in [2.45, 2.75) is 75.1 Å². The lowest BCUT2D eigenvalue weighted by atomic mass is 9.92. The first kappa shape index (κ1) is 26.2. The zero-order chi connectivity index (χ0) is 24.7. The van der Waals surface area contributed by atoms with Gasteiger partial charge in [-0.15, -0.1) is 0 Å². The molecule has 1 aromatic rings. The van der Waals surface area contributed by atoms with Crippen LogP contribution in [0, 0.1) is 0 Å². The molecule has 0 aromatic heterocycles. The first-order valence-corrected chi connectivity index (χ1v) is 11.9. The van der Waals surface area contributed by atoms with Gasteiger partial charge in [0.2, 0.25) is 5.91 Å². The Morgan fingerprint density at radius 1 is 1.03 bits per heavy atom. The standard InChI is InChI=1S/C23H33B2NO8/c1-3-14-20(34-19(28)10-9-18(27)26-2)21(22(25)32-14)30-12-16-15(11-17(24)31-16)33-23(29)13-7-5-4-6-8-13/h4-8,14-17,20-22H,3,9-12,24-25H2,1-2H3,(H,26,27)/t14-,15-,16-,17-,20+,21?,22-/m1/s1. The van der Waals surface area contributed by atoms with E-state index >= 15 is 0 Å². The van der Waals surface area contributed by atoms with Gasteiger partial charge in [0.25, 0.3) is 0 Å². The second-order valence-corrected chi connectivity index (χ2v) is 8.74. The fourth-order valence-electron chi connectivity index (χ4n) is 4.34. The van der Waals surface area contributed by atoms with Gasteiger partial charge in [-0.05, 0) is 18.6 Å². The third kappa shape index (κ3) is 6.84. The van der Waals surface area contributed by atoms with E-state index < -0.39 is 36.4 Å². The van der Waals surface area contributed by atoms with E-state index in [1.54, 1.807) is 24.3 Å². The molecule has 0 bridgehead atoms. The largest absolute Gasteiger partial charge is 0.457 e. The van der Waals surface area contributed by atoms with Crippen LogP contribution in [0.2, 0.25) is 0 Å². The molecule has 184 valence electrons. The number of nitrogens with one attached hydrogen (secondary N) is 1. The lowest BCUT2D eigenvalue weighted by molar-refractivity contribution is -0.160. The average Bonchev–Trinajstić information content (AvgIpc) is 3.34. The second kappa shape index (κ2) is 12.4. The van der Waals surface area contributed by atoms with Crippen molar-refractivity contribution < 1.29 is 38.1 Å². The third-order valence-corrected chi connectivity index (χ3v) is 6.15. The van der Waals surface area contributed by atoms with Crippen LogP contribution in [0.5, 0.6) is 0 Å². The molecular formula is C23H33B2NO8. The first-order chi connectivity index (χ1) is 16.3. The summed E-state index contributed by atoms with van der Waals surface area (Å²) >= 11 is 0. The van der Waals surface area contributed by atoms with Gasteiger partial charge >= 0.3 is 11.9 Å². The van der Waals surface area contributed by atoms with Crippen molar-refractivity contribution in [3.8, 4) is 0 Å². The molecule has 11 heteroatoms. The van der Waals surface area contributed by atoms with E-state index in [-0.39, 0.29) is 43.5 Å². The summed E-state index contributed by atoms with van der Waals surface area (Å²) in [4.78, 5) is 36.3. The number of rotatable bonds is 10. The van der Waals surface area contributed by atoms with Gasteiger partial charge in [-0.3, -0.25) is 9.59 Å². The zero-order valence-corrected chi connectivity index (χ0v) is 20.2. The number of amides is 1. The molecule has 7 atom stereocenters. The smallest absolute Gasteiger partial charge is 0.338 e. The summed E-state index contributed by atoms with van der Waals surface area (Å²) in [5, 5.41) is 2.49. The Balaban J connectivity index is 1.59. The molecule has 9 nitrogen and oxygen atoms in total. The lowest BCUT2D eigenvalue weighted by Gasteiger charge is -2.26. The highest BCUT2D eigenvalue weighted by molar-refractivity contribution is 6.11. The summed E-state index contributed by atoms with van der Waals surface area (Å²) in [6, 6.07) is 8.44. The van der Waals surface area contributed by atoms with E-state index in [9.17, 15) is 14.4 Å². The van der Waals surface area contributed by atoms with Gasteiger partial charge in [-0.1, -0.05) is 25.1 Å². The average molecular weight is 473 g/mol. The molecule has 1 N–H and O–H groups in total. The minimum absolute atomic E-state index is 0.0194. The molecule has 3 rings (SSSR count). The maximum atomic E-state index is 12.5. The molecule has 0 saturated carbocycles. The van der Waals surface area contributed by atoms with Crippen LogP contribution in [-0.2, 0) is 33.3 Å². The number of hydrogen-bond donors (Lipinski definition) is 1. The van der Waals surface area contributed by atoms with Gasteiger partial charge < -0.3 is 29.0 Å². The molecule has 1 amide bonds. The van der Waals surface area contributed by atoms with Crippen LogP contribution in [0.15, 0.2) is 30.3 Å². The fraction of sp³-hybridized carbons (Fsp3) is 0.609. The fourth-order valence-corrected chi connectivity index (χ4v) is 4.34. The van der Waals surface area contributed by atoms with Crippen molar-refractivity contribution in [2.75, 3.05) is 13.7 Å². The Labute approximate surface area is 202 Å². The van der Waals surface area contributed by atoms with Crippen LogP contribution in [-0.4, -0.2) is 89.7 Å². The zero-order valence-electron chi connectivity index (χ0n) is 20.2. The quantitative estimate of drug-likeness (QED) is 0.360. The van der Waals surface area contributed by atoms with Crippen molar-refractivity contribution in [2.24, 2.45) is 0 Å². The number of benzene rings is 1. The van der Waals surface area contributed by atoms with Crippen LogP contribution in [0.3, 0.4) is 0 Å². The van der Waals surface area contributed by atoms with Crippen LogP contribution >= 0.6 is 0 Å². The number of ether oxygens (including phenoxy) is 5. The molecule has 2 aliphatic rings. The Bertz CT molecular complexity index is 842. The van der Waals surface area contributed by atoms with E-state index in [0.29, 0.717) is 18.4 Å². The Morgan fingerprint density at radius 3 is 2.44 bits per heavy atom. The van der Waals surface area contributed by atoms with Gasteiger partial charge in [0.1, 0.15) is 34.0 Å². The van der Waals surface area contributed by atoms with Crippen LogP contribution in [0.25, 0.3) is 0 Å². The summed E-state index contributed by atoms with van der Waals surface area (Å²) in [6.45, 7) is 2.12. The Kier molecular flexibility index (Phi) is 9.55. The van der Waals surface area contributed by atoms with Gasteiger partial charge in [0.05, 0.1) is 30.7 Å². The van der Waals surface area contributed by atoms with Crippen molar-refractivity contribution in [1.82, 2.24) is 5.32 Å². The van der Waals surface area contributed by atoms with Crippen molar-refractivity contribution in [3.05, 3.63) is 35.9 Å². The van der Waals surface area contributed by atoms with Gasteiger partial charge in [-0.25, -0.2) is 4.79 Å². The molecule has 2 saturated heterocycles. The van der Waals surface area contributed by atoms with Crippen LogP contribution in [0.1, 0.15) is 43.0 Å². The third-order valence-electron chi connectivity index (χ3n) is 6.15. The summed E-state index contributed by atoms with van der Waals surface area (Å²) in [5.41, 5.74) is 0.481. The number of carbonyl (C=O) groups excluding carboxylic acids is 3. The van der Waals surface area contributed by atoms with Crippen molar-refractivity contribution >= 4 is 33.5 Å². The van der Waals surface area contributed by atoms with E-state index in [2.05, 4.69) is 5.32 Å². The van der Waals surface area contributed by atoms with E-state index in [1.807, 2.05) is 28.7 Å². The van der Waals surface area contributed by atoms with Crippen molar-refractivity contribution in [3.63, 3.8) is 0 Å². The molecule has 0 spiro atoms. The van der Waals surface area contributed by atoms with Crippen molar-refractivity contribution in [1.29, 1.82) is 0 Å². The van der Waals surface area contributed by atoms with Crippen LogP contribution in [0.4, 0.5) is 0 Å². The minimum atomic E-state index is -0.596. The number of hydrogen-bond acceptors (Lipinski definition) is 8. The molecular weight excluding hydrogens is 440 g/mol. The van der Waals surface area contributed by atoms with E-state index in [0.717, 1.165) is 0 Å². The van der Waals surface area contributed by atoms with Gasteiger partial charge in [-0.2, -0.15) is 0 Å². The second-order valence-electron chi connectivity index (χ2n) is 8.74. The summed E-state index contributed by atoms with van der Waals surface area (Å²) in [6.07, 6.45) is -1.04. The highest BCUT2D eigenvalue weighted by Crippen LogP contribution is 2.30. The maximum Gasteiger partial charge on any atom is 0.338 e.